The van der Waals surface area contributed by atoms with Crippen LogP contribution < -0.4 is 19.3 Å². The third kappa shape index (κ3) is 6.44. The van der Waals surface area contributed by atoms with Gasteiger partial charge in [0.1, 0.15) is 23.0 Å². The smallest absolute Gasteiger partial charge is 0.335 e. The topological polar surface area (TPSA) is 168 Å². The van der Waals surface area contributed by atoms with Gasteiger partial charge in [-0.25, -0.2) is 19.4 Å². The first kappa shape index (κ1) is 36.1. The number of fused-ring (bicyclic) bond motifs is 2. The third-order valence-corrected chi connectivity index (χ3v) is 10.0. The molecule has 12 heteroatoms. The van der Waals surface area contributed by atoms with Crippen LogP contribution in [0.4, 0.5) is 11.4 Å². The average molecular weight is 759 g/mol. The number of imide groups is 2. The van der Waals surface area contributed by atoms with Crippen molar-refractivity contribution < 1.29 is 48.5 Å². The Balaban J connectivity index is 0.934. The molecule has 2 N–H and O–H groups in total. The van der Waals surface area contributed by atoms with Crippen LogP contribution in [0.5, 0.6) is 23.0 Å². The molecule has 4 amide bonds. The maximum atomic E-state index is 13.3. The molecule has 57 heavy (non-hydrogen) atoms. The number of nitrogens with zero attached hydrogens (tertiary/aromatic N) is 2. The molecule has 2 aliphatic heterocycles. The second-order valence-corrected chi connectivity index (χ2v) is 13.9. The Bertz CT molecular complexity index is 2520. The standard InChI is InChI=1S/C45H30N2O10/c1-45(2,27-9-13-31(14-10-27)56-33-17-19-35-37(23-33)41(50)46(39(35)48)29-7-3-5-25(21-29)43(52)53)28-11-15-32(16-12-28)57-34-18-20-36-38(24-34)42(51)47(40(36)49)30-8-4-6-26(22-30)44(54)55/h3-24H,1-2H3,(H,52,53)(H,54,55). The minimum Gasteiger partial charge on any atom is -0.478 e. The van der Waals surface area contributed by atoms with E-state index in [1.54, 1.807) is 12.1 Å². The predicted octanol–water partition coefficient (Wildman–Crippen LogP) is 8.59. The second-order valence-electron chi connectivity index (χ2n) is 13.9. The van der Waals surface area contributed by atoms with E-state index in [2.05, 4.69) is 13.8 Å². The number of rotatable bonds is 10. The van der Waals surface area contributed by atoms with Crippen LogP contribution >= 0.6 is 0 Å². The van der Waals surface area contributed by atoms with E-state index in [4.69, 9.17) is 9.47 Å². The zero-order valence-electron chi connectivity index (χ0n) is 30.3. The van der Waals surface area contributed by atoms with E-state index in [1.165, 1.54) is 72.8 Å². The quantitative estimate of drug-likeness (QED) is 0.129. The maximum Gasteiger partial charge on any atom is 0.335 e. The van der Waals surface area contributed by atoms with Crippen LogP contribution in [-0.2, 0) is 5.41 Å². The number of hydrogen-bond donors (Lipinski definition) is 2. The first-order valence-electron chi connectivity index (χ1n) is 17.6. The zero-order valence-corrected chi connectivity index (χ0v) is 30.3. The summed E-state index contributed by atoms with van der Waals surface area (Å²) in [6, 6.07) is 35.5. The first-order valence-corrected chi connectivity index (χ1v) is 17.6. The van der Waals surface area contributed by atoms with Crippen LogP contribution in [0.25, 0.3) is 0 Å². The fourth-order valence-electron chi connectivity index (χ4n) is 6.91. The van der Waals surface area contributed by atoms with Gasteiger partial charge in [0.25, 0.3) is 23.6 Å². The van der Waals surface area contributed by atoms with Crippen molar-refractivity contribution in [2.24, 2.45) is 0 Å². The lowest BCUT2D eigenvalue weighted by molar-refractivity contribution is 0.0686. The number of anilines is 2. The van der Waals surface area contributed by atoms with Crippen LogP contribution in [0.2, 0.25) is 0 Å². The van der Waals surface area contributed by atoms with Crippen molar-refractivity contribution in [2.45, 2.75) is 19.3 Å². The van der Waals surface area contributed by atoms with Crippen LogP contribution in [0.15, 0.2) is 133 Å². The van der Waals surface area contributed by atoms with Gasteiger partial charge in [-0.15, -0.1) is 0 Å². The Morgan fingerprint density at radius 3 is 1.18 bits per heavy atom. The first-order chi connectivity index (χ1) is 27.3. The summed E-state index contributed by atoms with van der Waals surface area (Å²) in [5.41, 5.74) is 2.44. The molecule has 0 saturated heterocycles. The molecule has 2 heterocycles. The van der Waals surface area contributed by atoms with E-state index in [1.807, 2.05) is 48.5 Å². The van der Waals surface area contributed by atoms with Gasteiger partial charge >= 0.3 is 11.9 Å². The van der Waals surface area contributed by atoms with Gasteiger partial charge in [0.2, 0.25) is 0 Å². The van der Waals surface area contributed by atoms with E-state index >= 15 is 0 Å². The van der Waals surface area contributed by atoms with Crippen molar-refractivity contribution in [3.05, 3.63) is 178 Å². The molecule has 0 atom stereocenters. The highest BCUT2D eigenvalue weighted by atomic mass is 16.5. The van der Waals surface area contributed by atoms with Crippen molar-refractivity contribution in [3.63, 3.8) is 0 Å². The van der Waals surface area contributed by atoms with Gasteiger partial charge < -0.3 is 19.7 Å². The van der Waals surface area contributed by atoms with E-state index in [0.29, 0.717) is 23.0 Å². The van der Waals surface area contributed by atoms with Gasteiger partial charge in [0.15, 0.2) is 0 Å². The van der Waals surface area contributed by atoms with E-state index in [0.717, 1.165) is 20.9 Å². The number of carboxylic acids is 2. The van der Waals surface area contributed by atoms with Gasteiger partial charge in [-0.05, 0) is 108 Å². The van der Waals surface area contributed by atoms with Gasteiger partial charge in [-0.2, -0.15) is 0 Å². The van der Waals surface area contributed by atoms with E-state index in [-0.39, 0.29) is 44.8 Å². The van der Waals surface area contributed by atoms with Crippen LogP contribution in [0.3, 0.4) is 0 Å². The number of carbonyl (C=O) groups excluding carboxylic acids is 4. The van der Waals surface area contributed by atoms with Crippen LogP contribution in [-0.4, -0.2) is 45.8 Å². The SMILES string of the molecule is CC(C)(c1ccc(Oc2ccc3c(c2)C(=O)N(c2cccc(C(=O)O)c2)C3=O)cc1)c1ccc(Oc2ccc3c(c2)C(=O)N(c2cccc(C(=O)O)c2)C3=O)cc1. The minimum absolute atomic E-state index is 0.0454. The molecule has 0 bridgehead atoms. The number of amides is 4. The van der Waals surface area contributed by atoms with Crippen molar-refractivity contribution in [1.82, 2.24) is 0 Å². The summed E-state index contributed by atoms with van der Waals surface area (Å²) < 4.78 is 12.1. The molecule has 0 radical (unpaired) electrons. The largest absolute Gasteiger partial charge is 0.478 e. The lowest BCUT2D eigenvalue weighted by Crippen LogP contribution is -2.29. The molecule has 12 nitrogen and oxygen atoms in total. The number of benzene rings is 6. The van der Waals surface area contributed by atoms with Gasteiger partial charge in [-0.1, -0.05) is 50.2 Å². The summed E-state index contributed by atoms with van der Waals surface area (Å²) >= 11 is 0. The molecule has 2 aliphatic rings. The molecule has 0 aliphatic carbocycles. The molecule has 0 spiro atoms. The lowest BCUT2D eigenvalue weighted by atomic mass is 9.78. The Labute approximate surface area is 324 Å². The molecule has 0 saturated carbocycles. The van der Waals surface area contributed by atoms with E-state index in [9.17, 15) is 39.0 Å². The normalized spacial score (nSPS) is 13.4. The Hall–Kier alpha value is -7.86. The lowest BCUT2D eigenvalue weighted by Gasteiger charge is -2.26. The fraction of sp³-hybridized carbons (Fsp3) is 0.0667. The zero-order chi connectivity index (χ0) is 40.2. The highest BCUT2D eigenvalue weighted by molar-refractivity contribution is 6.35. The molecule has 0 aromatic heterocycles. The van der Waals surface area contributed by atoms with Crippen molar-refractivity contribution >= 4 is 46.9 Å². The van der Waals surface area contributed by atoms with Gasteiger partial charge in [-0.3, -0.25) is 19.2 Å². The summed E-state index contributed by atoms with van der Waals surface area (Å²) in [6.07, 6.45) is 0. The Morgan fingerprint density at radius 1 is 0.456 bits per heavy atom. The molecule has 0 unspecified atom stereocenters. The fourth-order valence-corrected chi connectivity index (χ4v) is 6.91. The molecular weight excluding hydrogens is 728 g/mol. The molecular formula is C45H30N2O10. The molecule has 8 rings (SSSR count). The average Bonchev–Trinajstić information content (AvgIpc) is 3.61. The Morgan fingerprint density at radius 2 is 0.807 bits per heavy atom. The molecule has 0 fully saturated rings. The maximum absolute atomic E-state index is 13.3. The number of carbonyl (C=O) groups is 6. The molecule has 6 aromatic carbocycles. The summed E-state index contributed by atoms with van der Waals surface area (Å²) in [5.74, 6) is -2.90. The van der Waals surface area contributed by atoms with E-state index < -0.39 is 41.0 Å². The van der Waals surface area contributed by atoms with Crippen LogP contribution in [0.1, 0.15) is 87.1 Å². The monoisotopic (exact) mass is 758 g/mol. The third-order valence-electron chi connectivity index (χ3n) is 10.0. The summed E-state index contributed by atoms with van der Waals surface area (Å²) in [6.45, 7) is 4.14. The van der Waals surface area contributed by atoms with Crippen molar-refractivity contribution in [2.75, 3.05) is 9.80 Å². The summed E-state index contributed by atoms with van der Waals surface area (Å²) in [4.78, 5) is 77.6. The second kappa shape index (κ2) is 13.8. The van der Waals surface area contributed by atoms with Crippen LogP contribution in [0, 0.1) is 0 Å². The minimum atomic E-state index is -1.17. The van der Waals surface area contributed by atoms with Crippen molar-refractivity contribution in [3.8, 4) is 23.0 Å². The number of ether oxygens (including phenoxy) is 2. The van der Waals surface area contributed by atoms with Gasteiger partial charge in [0.05, 0.1) is 44.8 Å². The van der Waals surface area contributed by atoms with Crippen molar-refractivity contribution in [1.29, 1.82) is 0 Å². The highest BCUT2D eigenvalue weighted by Crippen LogP contribution is 2.37. The summed E-state index contributed by atoms with van der Waals surface area (Å²) in [5, 5.41) is 18.7. The predicted molar refractivity (Wildman–Crippen MR) is 207 cm³/mol. The summed E-state index contributed by atoms with van der Waals surface area (Å²) in [7, 11) is 0. The highest BCUT2D eigenvalue weighted by Gasteiger charge is 2.38. The number of carboxylic acid groups (broad SMARTS) is 2. The molecule has 280 valence electrons. The number of aromatic carboxylic acids is 2. The molecule has 6 aromatic rings. The Kier molecular flexibility index (Phi) is 8.73. The van der Waals surface area contributed by atoms with Gasteiger partial charge in [0, 0.05) is 5.41 Å². The number of hydrogen-bond acceptors (Lipinski definition) is 8.